The molecule has 1 amide bonds. The Morgan fingerprint density at radius 3 is 2.64 bits per heavy atom. The Hall–Kier alpha value is -2.88. The number of aromatic nitrogens is 2. The first-order valence-corrected chi connectivity index (χ1v) is 12.3. The monoisotopic (exact) mass is 488 g/mol. The third-order valence-corrected chi connectivity index (χ3v) is 7.53. The van der Waals surface area contributed by atoms with Crippen LogP contribution < -0.4 is 4.31 Å². The summed E-state index contributed by atoms with van der Waals surface area (Å²) in [6, 6.07) is 12.6. The van der Waals surface area contributed by atoms with Gasteiger partial charge >= 0.3 is 0 Å². The number of methoxy groups -OCH3 is 1. The molecule has 1 N–H and O–H groups in total. The van der Waals surface area contributed by atoms with E-state index in [1.54, 1.807) is 42.2 Å². The molecule has 0 saturated carbocycles. The predicted octanol–water partition coefficient (Wildman–Crippen LogP) is 3.30. The van der Waals surface area contributed by atoms with Crippen molar-refractivity contribution in [2.75, 3.05) is 24.6 Å². The van der Waals surface area contributed by atoms with E-state index in [1.807, 2.05) is 12.1 Å². The standard InChI is InChI=1S/C23H25ClN4O4S/c1-16-25-12-22(26-16)33(30,31)28(13-17-3-6-20(24)7-4-17)21-8-5-19-14-27(23(29)15-32-2)10-9-18(19)11-21/h3-8,11-12H,9-10,13-15H2,1-2H3,(H,25,26). The van der Waals surface area contributed by atoms with Gasteiger partial charge in [-0.2, -0.15) is 8.42 Å². The molecule has 33 heavy (non-hydrogen) atoms. The zero-order chi connectivity index (χ0) is 23.6. The van der Waals surface area contributed by atoms with Crippen molar-refractivity contribution in [3.63, 3.8) is 0 Å². The number of anilines is 1. The van der Waals surface area contributed by atoms with Crippen molar-refractivity contribution in [1.82, 2.24) is 14.9 Å². The summed E-state index contributed by atoms with van der Waals surface area (Å²) < 4.78 is 33.4. The van der Waals surface area contributed by atoms with Crippen molar-refractivity contribution >= 4 is 33.2 Å². The lowest BCUT2D eigenvalue weighted by Gasteiger charge is -2.30. The quantitative estimate of drug-likeness (QED) is 0.550. The lowest BCUT2D eigenvalue weighted by atomic mass is 9.99. The van der Waals surface area contributed by atoms with Gasteiger partial charge in [0, 0.05) is 25.2 Å². The predicted molar refractivity (Wildman–Crippen MR) is 126 cm³/mol. The molecular formula is C23H25ClN4O4S. The second-order valence-corrected chi connectivity index (χ2v) is 10.2. The lowest BCUT2D eigenvalue weighted by Crippen LogP contribution is -2.38. The van der Waals surface area contributed by atoms with Gasteiger partial charge in [0.25, 0.3) is 10.0 Å². The van der Waals surface area contributed by atoms with Crippen molar-refractivity contribution in [2.24, 2.45) is 0 Å². The summed E-state index contributed by atoms with van der Waals surface area (Å²) in [6.45, 7) is 2.92. The number of imidazole rings is 1. The highest BCUT2D eigenvalue weighted by Crippen LogP contribution is 2.30. The van der Waals surface area contributed by atoms with Gasteiger partial charge in [-0.25, -0.2) is 4.98 Å². The maximum absolute atomic E-state index is 13.6. The van der Waals surface area contributed by atoms with Gasteiger partial charge in [-0.15, -0.1) is 0 Å². The molecule has 0 aliphatic carbocycles. The van der Waals surface area contributed by atoms with Crippen LogP contribution in [0.2, 0.25) is 5.02 Å². The summed E-state index contributed by atoms with van der Waals surface area (Å²) in [4.78, 5) is 20.8. The number of sulfonamides is 1. The van der Waals surface area contributed by atoms with E-state index >= 15 is 0 Å². The Bertz CT molecular complexity index is 1260. The highest BCUT2D eigenvalue weighted by atomic mass is 35.5. The van der Waals surface area contributed by atoms with E-state index in [-0.39, 0.29) is 24.1 Å². The van der Waals surface area contributed by atoms with Crippen LogP contribution in [-0.4, -0.2) is 49.5 Å². The lowest BCUT2D eigenvalue weighted by molar-refractivity contribution is -0.136. The number of fused-ring (bicyclic) bond motifs is 1. The number of nitrogens with one attached hydrogen (secondary N) is 1. The molecule has 0 spiro atoms. The molecule has 2 heterocycles. The molecule has 0 fully saturated rings. The number of aryl methyl sites for hydroxylation is 1. The minimum atomic E-state index is -3.90. The van der Waals surface area contributed by atoms with Crippen LogP contribution in [0, 0.1) is 6.92 Å². The first kappa shape index (κ1) is 23.3. The Kier molecular flexibility index (Phi) is 6.73. The molecule has 0 atom stereocenters. The van der Waals surface area contributed by atoms with Crippen LogP contribution in [0.25, 0.3) is 0 Å². The summed E-state index contributed by atoms with van der Waals surface area (Å²) in [5, 5.41) is 0.613. The fraction of sp³-hybridized carbons (Fsp3) is 0.304. The van der Waals surface area contributed by atoms with Crippen LogP contribution in [-0.2, 0) is 39.1 Å². The van der Waals surface area contributed by atoms with E-state index < -0.39 is 10.0 Å². The van der Waals surface area contributed by atoms with Crippen molar-refractivity contribution < 1.29 is 17.9 Å². The van der Waals surface area contributed by atoms with Gasteiger partial charge in [0.2, 0.25) is 5.91 Å². The number of H-pyrrole nitrogens is 1. The normalized spacial score (nSPS) is 13.6. The third-order valence-electron chi connectivity index (χ3n) is 5.60. The number of benzene rings is 2. The zero-order valence-electron chi connectivity index (χ0n) is 18.4. The summed E-state index contributed by atoms with van der Waals surface area (Å²) in [5.74, 6) is 0.458. The summed E-state index contributed by atoms with van der Waals surface area (Å²) in [6.07, 6.45) is 1.97. The van der Waals surface area contributed by atoms with Crippen LogP contribution >= 0.6 is 11.6 Å². The molecule has 4 rings (SSSR count). The molecule has 8 nitrogen and oxygen atoms in total. The van der Waals surface area contributed by atoms with Gasteiger partial charge in [0.05, 0.1) is 18.4 Å². The highest BCUT2D eigenvalue weighted by Gasteiger charge is 2.29. The first-order valence-electron chi connectivity index (χ1n) is 10.5. The van der Waals surface area contributed by atoms with Gasteiger partial charge in [-0.3, -0.25) is 9.10 Å². The van der Waals surface area contributed by atoms with E-state index in [4.69, 9.17) is 16.3 Å². The number of ether oxygens (including phenoxy) is 1. The van der Waals surface area contributed by atoms with Gasteiger partial charge in [-0.05, 0) is 54.3 Å². The summed E-state index contributed by atoms with van der Waals surface area (Å²) >= 11 is 6.01. The van der Waals surface area contributed by atoms with Gasteiger partial charge in [-0.1, -0.05) is 29.8 Å². The number of carbonyl (C=O) groups is 1. The molecule has 174 valence electrons. The number of carbonyl (C=O) groups excluding carboxylic acids is 1. The van der Waals surface area contributed by atoms with Crippen LogP contribution in [0.4, 0.5) is 5.69 Å². The average molecular weight is 489 g/mol. The van der Waals surface area contributed by atoms with Crippen molar-refractivity contribution in [2.45, 2.75) is 31.5 Å². The molecule has 0 bridgehead atoms. The van der Waals surface area contributed by atoms with E-state index in [9.17, 15) is 13.2 Å². The number of aromatic amines is 1. The molecule has 1 aliphatic heterocycles. The Labute approximate surface area is 198 Å². The van der Waals surface area contributed by atoms with E-state index in [0.717, 1.165) is 16.7 Å². The second kappa shape index (κ2) is 9.54. The maximum atomic E-state index is 13.6. The molecule has 0 radical (unpaired) electrons. The minimum Gasteiger partial charge on any atom is -0.375 e. The number of halogens is 1. The van der Waals surface area contributed by atoms with Gasteiger partial charge in [0.15, 0.2) is 5.03 Å². The van der Waals surface area contributed by atoms with Crippen molar-refractivity contribution in [3.05, 3.63) is 76.2 Å². The molecule has 0 saturated heterocycles. The largest absolute Gasteiger partial charge is 0.375 e. The zero-order valence-corrected chi connectivity index (χ0v) is 20.0. The van der Waals surface area contributed by atoms with Crippen LogP contribution in [0.1, 0.15) is 22.5 Å². The first-order chi connectivity index (χ1) is 15.8. The topological polar surface area (TPSA) is 95.6 Å². The Balaban J connectivity index is 1.69. The maximum Gasteiger partial charge on any atom is 0.281 e. The second-order valence-electron chi connectivity index (χ2n) is 7.92. The van der Waals surface area contributed by atoms with Crippen LogP contribution in [0.15, 0.2) is 53.7 Å². The van der Waals surface area contributed by atoms with Crippen molar-refractivity contribution in [1.29, 1.82) is 0 Å². The molecular weight excluding hydrogens is 464 g/mol. The number of amides is 1. The van der Waals surface area contributed by atoms with Crippen LogP contribution in [0.3, 0.4) is 0 Å². The number of hydrogen-bond donors (Lipinski definition) is 1. The Morgan fingerprint density at radius 1 is 1.21 bits per heavy atom. The van der Waals surface area contributed by atoms with Crippen molar-refractivity contribution in [3.8, 4) is 0 Å². The molecule has 3 aromatic rings. The van der Waals surface area contributed by atoms with Gasteiger partial charge in [0.1, 0.15) is 12.4 Å². The number of nitrogens with zero attached hydrogens (tertiary/aromatic N) is 3. The number of rotatable bonds is 7. The number of hydrogen-bond acceptors (Lipinski definition) is 5. The van der Waals surface area contributed by atoms with Crippen LogP contribution in [0.5, 0.6) is 0 Å². The van der Waals surface area contributed by atoms with E-state index in [2.05, 4.69) is 9.97 Å². The summed E-state index contributed by atoms with van der Waals surface area (Å²) in [5.41, 5.74) is 3.36. The highest BCUT2D eigenvalue weighted by molar-refractivity contribution is 7.92. The van der Waals surface area contributed by atoms with E-state index in [1.165, 1.54) is 17.6 Å². The molecule has 0 unspecified atom stereocenters. The average Bonchev–Trinajstić information content (AvgIpc) is 3.25. The fourth-order valence-corrected chi connectivity index (χ4v) is 5.38. The van der Waals surface area contributed by atoms with E-state index in [0.29, 0.717) is 36.0 Å². The smallest absolute Gasteiger partial charge is 0.281 e. The molecule has 10 heteroatoms. The summed E-state index contributed by atoms with van der Waals surface area (Å²) in [7, 11) is -2.40. The third kappa shape index (κ3) is 5.05. The molecule has 1 aliphatic rings. The Morgan fingerprint density at radius 2 is 1.97 bits per heavy atom. The fourth-order valence-electron chi connectivity index (χ4n) is 3.84. The SMILES string of the molecule is COCC(=O)N1CCc2cc(N(Cc3ccc(Cl)cc3)S(=O)(=O)c3cnc(C)[nH]3)ccc2C1. The van der Waals surface area contributed by atoms with Gasteiger partial charge < -0.3 is 14.6 Å². The minimum absolute atomic E-state index is 0.0306. The molecule has 2 aromatic carbocycles. The molecule has 1 aromatic heterocycles.